The van der Waals surface area contributed by atoms with Gasteiger partial charge >= 0.3 is 0 Å². The second kappa shape index (κ2) is 7.22. The van der Waals surface area contributed by atoms with Gasteiger partial charge in [0.15, 0.2) is 6.10 Å². The monoisotopic (exact) mass is 271 g/mol. The van der Waals surface area contributed by atoms with Gasteiger partial charge in [0.2, 0.25) is 0 Å². The zero-order chi connectivity index (χ0) is 13.6. The minimum absolute atomic E-state index is 0.0809. The lowest BCUT2D eigenvalue weighted by Gasteiger charge is -2.37. The topological polar surface area (TPSA) is 67.8 Å². The average Bonchev–Trinajstić information content (AvgIpc) is 2.47. The summed E-state index contributed by atoms with van der Waals surface area (Å²) in [6, 6.07) is 0. The fourth-order valence-electron chi connectivity index (χ4n) is 3.08. The number of aliphatic hydroxyl groups is 1. The second-order valence-corrected chi connectivity index (χ2v) is 5.69. The zero-order valence-electron chi connectivity index (χ0n) is 11.5. The molecule has 0 aromatic heterocycles. The van der Waals surface area contributed by atoms with Gasteiger partial charge in [0.1, 0.15) is 0 Å². The van der Waals surface area contributed by atoms with E-state index in [4.69, 9.17) is 9.47 Å². The molecular weight excluding hydrogens is 246 g/mol. The molecule has 2 fully saturated rings. The summed E-state index contributed by atoms with van der Waals surface area (Å²) < 4.78 is 10.6. The van der Waals surface area contributed by atoms with E-state index >= 15 is 0 Å². The van der Waals surface area contributed by atoms with Crippen molar-refractivity contribution in [3.8, 4) is 0 Å². The van der Waals surface area contributed by atoms with Crippen LogP contribution in [-0.2, 0) is 14.3 Å². The van der Waals surface area contributed by atoms with E-state index in [9.17, 15) is 9.90 Å². The lowest BCUT2D eigenvalue weighted by Crippen LogP contribution is -2.47. The van der Waals surface area contributed by atoms with Gasteiger partial charge in [-0.2, -0.15) is 0 Å². The molecule has 5 nitrogen and oxygen atoms in total. The Morgan fingerprint density at radius 3 is 2.68 bits per heavy atom. The van der Waals surface area contributed by atoms with E-state index in [1.165, 1.54) is 19.3 Å². The van der Waals surface area contributed by atoms with E-state index in [0.717, 1.165) is 19.3 Å². The highest BCUT2D eigenvalue weighted by atomic mass is 16.6. The van der Waals surface area contributed by atoms with Crippen LogP contribution in [-0.4, -0.2) is 50.1 Å². The van der Waals surface area contributed by atoms with Crippen molar-refractivity contribution in [3.63, 3.8) is 0 Å². The summed E-state index contributed by atoms with van der Waals surface area (Å²) in [4.78, 5) is 12.0. The molecule has 1 saturated carbocycles. The van der Waals surface area contributed by atoms with Crippen LogP contribution >= 0.6 is 0 Å². The first kappa shape index (κ1) is 14.8. The maximum atomic E-state index is 12.0. The number of carbonyl (C=O) groups is 1. The Morgan fingerprint density at radius 2 is 2.05 bits per heavy atom. The highest BCUT2D eigenvalue weighted by Gasteiger charge is 2.33. The Kier molecular flexibility index (Phi) is 5.60. The smallest absolute Gasteiger partial charge is 0.251 e. The predicted octanol–water partition coefficient (Wildman–Crippen LogP) is 0.851. The molecular formula is C14H25NO4. The lowest BCUT2D eigenvalue weighted by molar-refractivity contribution is -0.148. The third-order valence-corrected chi connectivity index (χ3v) is 4.30. The molecule has 0 aromatic rings. The molecule has 2 rings (SSSR count). The number of amides is 1. The molecule has 0 aromatic carbocycles. The zero-order valence-corrected chi connectivity index (χ0v) is 11.5. The molecule has 2 aliphatic rings. The van der Waals surface area contributed by atoms with Crippen molar-refractivity contribution >= 4 is 5.91 Å². The average molecular weight is 271 g/mol. The number of aliphatic hydroxyl groups excluding tert-OH is 1. The quantitative estimate of drug-likeness (QED) is 0.778. The number of ether oxygens (including phenoxy) is 2. The summed E-state index contributed by atoms with van der Waals surface area (Å²) in [5.74, 6) is -0.0809. The largest absolute Gasteiger partial charge is 0.396 e. The van der Waals surface area contributed by atoms with Gasteiger partial charge in [0.05, 0.1) is 19.8 Å². The number of carbonyl (C=O) groups excluding carboxylic acids is 1. The van der Waals surface area contributed by atoms with E-state index in [1.807, 2.05) is 0 Å². The Bertz CT molecular complexity index is 278. The summed E-state index contributed by atoms with van der Waals surface area (Å²) in [6.45, 7) is 2.24. The Hall–Kier alpha value is -0.650. The van der Waals surface area contributed by atoms with Crippen molar-refractivity contribution in [2.75, 3.05) is 33.0 Å². The normalized spacial score (nSPS) is 26.9. The number of hydrogen-bond donors (Lipinski definition) is 2. The number of rotatable bonds is 5. The van der Waals surface area contributed by atoms with Gasteiger partial charge in [-0.25, -0.2) is 0 Å². The van der Waals surface area contributed by atoms with Crippen LogP contribution in [0.1, 0.15) is 38.5 Å². The molecule has 1 aliphatic carbocycles. The third-order valence-electron chi connectivity index (χ3n) is 4.30. The molecule has 0 bridgehead atoms. The fourth-order valence-corrected chi connectivity index (χ4v) is 3.08. The molecule has 110 valence electrons. The van der Waals surface area contributed by atoms with E-state index in [1.54, 1.807) is 0 Å². The van der Waals surface area contributed by atoms with Crippen LogP contribution in [0, 0.1) is 5.41 Å². The number of hydrogen-bond acceptors (Lipinski definition) is 4. The van der Waals surface area contributed by atoms with E-state index in [0.29, 0.717) is 26.4 Å². The maximum absolute atomic E-state index is 12.0. The van der Waals surface area contributed by atoms with Crippen LogP contribution in [0.3, 0.4) is 0 Å². The van der Waals surface area contributed by atoms with Crippen LogP contribution in [0.5, 0.6) is 0 Å². The van der Waals surface area contributed by atoms with Gasteiger partial charge < -0.3 is 19.9 Å². The molecule has 2 N–H and O–H groups in total. The van der Waals surface area contributed by atoms with Crippen molar-refractivity contribution in [3.05, 3.63) is 0 Å². The van der Waals surface area contributed by atoms with Crippen LogP contribution in [0.4, 0.5) is 0 Å². The Morgan fingerprint density at radius 1 is 1.26 bits per heavy atom. The molecule has 0 spiro atoms. The minimum Gasteiger partial charge on any atom is -0.396 e. The molecule has 1 saturated heterocycles. The first-order chi connectivity index (χ1) is 9.26. The van der Waals surface area contributed by atoms with Crippen LogP contribution in [0.25, 0.3) is 0 Å². The molecule has 0 unspecified atom stereocenters. The molecule has 1 atom stereocenters. The molecule has 1 amide bonds. The summed E-state index contributed by atoms with van der Waals surface area (Å²) in [5, 5.41) is 12.2. The van der Waals surface area contributed by atoms with Crippen molar-refractivity contribution in [2.45, 2.75) is 44.6 Å². The summed E-state index contributed by atoms with van der Waals surface area (Å²) >= 11 is 0. The Labute approximate surface area is 114 Å². The summed E-state index contributed by atoms with van der Waals surface area (Å²) in [6.07, 6.45) is 6.14. The van der Waals surface area contributed by atoms with E-state index < -0.39 is 6.10 Å². The SMILES string of the molecule is O=C(NCC1(CCO)CCCCC1)[C@H]1COCCO1. The van der Waals surface area contributed by atoms with E-state index in [2.05, 4.69) is 5.32 Å². The molecule has 19 heavy (non-hydrogen) atoms. The fraction of sp³-hybridized carbons (Fsp3) is 0.929. The van der Waals surface area contributed by atoms with Gasteiger partial charge in [0.25, 0.3) is 5.91 Å². The maximum Gasteiger partial charge on any atom is 0.251 e. The summed E-state index contributed by atoms with van der Waals surface area (Å²) in [5.41, 5.74) is 0.0815. The van der Waals surface area contributed by atoms with Crippen molar-refractivity contribution in [1.82, 2.24) is 5.32 Å². The van der Waals surface area contributed by atoms with Crippen LogP contribution in [0.2, 0.25) is 0 Å². The highest BCUT2D eigenvalue weighted by molar-refractivity contribution is 5.81. The van der Waals surface area contributed by atoms with E-state index in [-0.39, 0.29) is 17.9 Å². The minimum atomic E-state index is -0.469. The summed E-state index contributed by atoms with van der Waals surface area (Å²) in [7, 11) is 0. The predicted molar refractivity (Wildman–Crippen MR) is 70.8 cm³/mol. The van der Waals surface area contributed by atoms with Gasteiger partial charge in [0, 0.05) is 13.2 Å². The second-order valence-electron chi connectivity index (χ2n) is 5.69. The van der Waals surface area contributed by atoms with Crippen LogP contribution in [0.15, 0.2) is 0 Å². The van der Waals surface area contributed by atoms with Gasteiger partial charge in [-0.15, -0.1) is 0 Å². The number of nitrogens with one attached hydrogen (secondary N) is 1. The van der Waals surface area contributed by atoms with Gasteiger partial charge in [-0.1, -0.05) is 19.3 Å². The first-order valence-corrected chi connectivity index (χ1v) is 7.34. The molecule has 0 radical (unpaired) electrons. The standard InChI is InChI=1S/C14H25NO4/c16-7-6-14(4-2-1-3-5-14)11-15-13(17)12-10-18-8-9-19-12/h12,16H,1-11H2,(H,15,17)/t12-/m1/s1. The van der Waals surface area contributed by atoms with Crippen molar-refractivity contribution in [2.24, 2.45) is 5.41 Å². The van der Waals surface area contributed by atoms with Crippen molar-refractivity contribution in [1.29, 1.82) is 0 Å². The Balaban J connectivity index is 1.82. The lowest BCUT2D eigenvalue weighted by atomic mass is 9.72. The molecule has 5 heteroatoms. The first-order valence-electron chi connectivity index (χ1n) is 7.34. The molecule has 1 heterocycles. The third kappa shape index (κ3) is 4.16. The van der Waals surface area contributed by atoms with Crippen molar-refractivity contribution < 1.29 is 19.4 Å². The van der Waals surface area contributed by atoms with Gasteiger partial charge in [-0.3, -0.25) is 4.79 Å². The molecule has 1 aliphatic heterocycles. The van der Waals surface area contributed by atoms with Gasteiger partial charge in [-0.05, 0) is 24.7 Å². The highest BCUT2D eigenvalue weighted by Crippen LogP contribution is 2.38. The van der Waals surface area contributed by atoms with Crippen LogP contribution < -0.4 is 5.32 Å².